The summed E-state index contributed by atoms with van der Waals surface area (Å²) in [5.41, 5.74) is 6.02. The molecule has 0 amide bonds. The number of rotatable bonds is 3. The summed E-state index contributed by atoms with van der Waals surface area (Å²) in [5, 5.41) is 118. The number of carbonyl (C=O) groups is 2. The number of ether oxygens (including phenoxy) is 4. The van der Waals surface area contributed by atoms with Crippen LogP contribution in [0.5, 0.6) is 0 Å². The Bertz CT molecular complexity index is 1620. The number of hydrogen-bond donors (Lipinski definition) is 12. The van der Waals surface area contributed by atoms with Crippen LogP contribution < -0.4 is 5.73 Å². The van der Waals surface area contributed by atoms with E-state index in [1.807, 2.05) is 49.5 Å². The second-order valence-corrected chi connectivity index (χ2v) is 17.8. The summed E-state index contributed by atoms with van der Waals surface area (Å²) in [4.78, 5) is 25.1. The third-order valence-corrected chi connectivity index (χ3v) is 12.2. The molecule has 2 bridgehead atoms. The van der Waals surface area contributed by atoms with Gasteiger partial charge >= 0.3 is 11.9 Å². The Morgan fingerprint density at radius 2 is 1.28 bits per heavy atom. The molecule has 2 fully saturated rings. The minimum absolute atomic E-state index is 0.138. The summed E-state index contributed by atoms with van der Waals surface area (Å²) in [6, 6.07) is -1.14. The first-order chi connectivity index (χ1) is 30.6. The maximum absolute atomic E-state index is 12.6. The molecule has 19 atom stereocenters. The van der Waals surface area contributed by atoms with Crippen LogP contribution in [-0.4, -0.2) is 166 Å². The van der Waals surface area contributed by atoms with Crippen LogP contribution >= 0.6 is 0 Å². The Balaban J connectivity index is 1.84. The van der Waals surface area contributed by atoms with E-state index in [-0.39, 0.29) is 38.0 Å². The molecular formula is C47H75NO17. The summed E-state index contributed by atoms with van der Waals surface area (Å²) in [6.45, 7) is 6.78. The second-order valence-electron chi connectivity index (χ2n) is 17.8. The zero-order valence-corrected chi connectivity index (χ0v) is 37.8. The van der Waals surface area contributed by atoms with E-state index >= 15 is 0 Å². The first kappa shape index (κ1) is 56.1. The zero-order valence-electron chi connectivity index (χ0n) is 37.8. The number of esters is 1. The van der Waals surface area contributed by atoms with Crippen LogP contribution in [0.3, 0.4) is 0 Å². The molecule has 0 aliphatic carbocycles. The molecule has 0 aromatic heterocycles. The topological polar surface area (TPSA) is 320 Å². The lowest BCUT2D eigenvalue weighted by Gasteiger charge is -2.45. The van der Waals surface area contributed by atoms with Crippen LogP contribution in [0, 0.1) is 17.8 Å². The third kappa shape index (κ3) is 18.8. The molecule has 0 saturated carbocycles. The summed E-state index contributed by atoms with van der Waals surface area (Å²) >= 11 is 0. The normalized spacial score (nSPS) is 44.3. The van der Waals surface area contributed by atoms with E-state index in [0.717, 1.165) is 12.8 Å². The molecule has 0 aromatic carbocycles. The van der Waals surface area contributed by atoms with E-state index < -0.39 is 141 Å². The number of carboxylic acid groups (broad SMARTS) is 1. The van der Waals surface area contributed by atoms with E-state index in [2.05, 4.69) is 0 Å². The van der Waals surface area contributed by atoms with E-state index in [4.69, 9.17) is 24.7 Å². The predicted molar refractivity (Wildman–Crippen MR) is 237 cm³/mol. The van der Waals surface area contributed by atoms with Gasteiger partial charge in [-0.2, -0.15) is 0 Å². The van der Waals surface area contributed by atoms with E-state index in [1.54, 1.807) is 38.2 Å². The van der Waals surface area contributed by atoms with Crippen molar-refractivity contribution in [3.8, 4) is 0 Å². The molecule has 18 nitrogen and oxygen atoms in total. The van der Waals surface area contributed by atoms with Gasteiger partial charge in [0.25, 0.3) is 0 Å². The molecule has 0 radical (unpaired) electrons. The monoisotopic (exact) mass is 926 g/mol. The van der Waals surface area contributed by atoms with Gasteiger partial charge in [-0.1, -0.05) is 86.8 Å². The van der Waals surface area contributed by atoms with E-state index in [0.29, 0.717) is 0 Å². The first-order valence-corrected chi connectivity index (χ1v) is 22.6. The SMILES string of the molecule is C[C@H]1[C@@H](O)[C@@H](C)/C=C/C=CCC/C=C/C=C/C=C/C=C[C@@H](O[C@H]2O[C@@H](C)[C@@H](O)[C@@H](N)[C@@H]2O)C[C@@H]2O[C@@](O)(C[C@@H](O)[C@H]2C(=O)O)C[C@@H](O)[C@@H](O)CC[C@@H](O)C[C@@H](O)C[C@@H](O)CC(=O)O[C@H]1C. The van der Waals surface area contributed by atoms with Crippen LogP contribution in [0.1, 0.15) is 91.9 Å². The van der Waals surface area contributed by atoms with Gasteiger partial charge in [-0.3, -0.25) is 9.59 Å². The molecular weight excluding hydrogens is 851 g/mol. The van der Waals surface area contributed by atoms with Gasteiger partial charge in [0, 0.05) is 31.1 Å². The maximum Gasteiger partial charge on any atom is 0.311 e. The van der Waals surface area contributed by atoms with Gasteiger partial charge in [-0.15, -0.1) is 0 Å². The lowest BCUT2D eigenvalue weighted by molar-refractivity contribution is -0.310. The fourth-order valence-electron chi connectivity index (χ4n) is 8.11. The number of hydrogen-bond acceptors (Lipinski definition) is 17. The van der Waals surface area contributed by atoms with Crippen molar-refractivity contribution in [3.63, 3.8) is 0 Å². The molecule has 2 saturated heterocycles. The first-order valence-electron chi connectivity index (χ1n) is 22.6. The van der Waals surface area contributed by atoms with Crippen LogP contribution in [0.4, 0.5) is 0 Å². The van der Waals surface area contributed by atoms with Crippen LogP contribution in [0.25, 0.3) is 0 Å². The number of aliphatic carboxylic acids is 1. The molecule has 0 spiro atoms. The minimum atomic E-state index is -2.35. The highest BCUT2D eigenvalue weighted by Crippen LogP contribution is 2.38. The Hall–Kier alpha value is -3.18. The molecule has 0 unspecified atom stereocenters. The predicted octanol–water partition coefficient (Wildman–Crippen LogP) is 0.936. The maximum atomic E-state index is 12.6. The number of aliphatic hydroxyl groups is 10. The van der Waals surface area contributed by atoms with Crippen molar-refractivity contribution in [2.45, 2.75) is 189 Å². The van der Waals surface area contributed by atoms with Gasteiger partial charge in [0.05, 0.1) is 79.6 Å². The molecule has 65 heavy (non-hydrogen) atoms. The molecule has 3 aliphatic heterocycles. The molecule has 18 heteroatoms. The zero-order chi connectivity index (χ0) is 48.4. The van der Waals surface area contributed by atoms with Crippen molar-refractivity contribution < 1.29 is 84.7 Å². The fourth-order valence-corrected chi connectivity index (χ4v) is 8.11. The van der Waals surface area contributed by atoms with Gasteiger partial charge in [-0.05, 0) is 52.4 Å². The number of aliphatic hydroxyl groups excluding tert-OH is 9. The molecule has 3 aliphatic rings. The van der Waals surface area contributed by atoms with Crippen molar-refractivity contribution in [2.24, 2.45) is 23.5 Å². The van der Waals surface area contributed by atoms with Gasteiger partial charge in [0.2, 0.25) is 0 Å². The minimum Gasteiger partial charge on any atom is -0.481 e. The highest BCUT2D eigenvalue weighted by molar-refractivity contribution is 5.71. The summed E-state index contributed by atoms with van der Waals surface area (Å²) < 4.78 is 23.2. The number of allylic oxidation sites excluding steroid dienone is 10. The highest BCUT2D eigenvalue weighted by Gasteiger charge is 2.51. The van der Waals surface area contributed by atoms with Crippen molar-refractivity contribution in [2.75, 3.05) is 0 Å². The van der Waals surface area contributed by atoms with Crippen molar-refractivity contribution in [1.82, 2.24) is 0 Å². The Morgan fingerprint density at radius 1 is 0.692 bits per heavy atom. The van der Waals surface area contributed by atoms with Gasteiger partial charge in [0.15, 0.2) is 12.1 Å². The number of cyclic esters (lactones) is 1. The lowest BCUT2D eigenvalue weighted by atomic mass is 9.82. The average molecular weight is 926 g/mol. The Kier molecular flexibility index (Phi) is 23.8. The smallest absolute Gasteiger partial charge is 0.311 e. The number of carbonyl (C=O) groups excluding carboxylic acids is 1. The highest BCUT2D eigenvalue weighted by atomic mass is 16.7. The van der Waals surface area contributed by atoms with Crippen LogP contribution in [-0.2, 0) is 28.5 Å². The van der Waals surface area contributed by atoms with Gasteiger partial charge in [0.1, 0.15) is 18.1 Å². The molecule has 3 heterocycles. The number of fused-ring (bicyclic) bond motifs is 2. The largest absolute Gasteiger partial charge is 0.481 e. The van der Waals surface area contributed by atoms with Crippen molar-refractivity contribution >= 4 is 11.9 Å². The number of carboxylic acids is 1. The standard InChI is InChI=1S/C47H75NO17/c1-27-17-15-13-11-9-7-5-6-8-10-12-14-16-18-34(64-46-44(58)41(48)43(57)30(4)63-46)24-38-40(45(59)60)37(54)26-47(61,65-38)25-36(53)35(52)20-19-31(49)21-32(50)22-33(51)23-39(55)62-29(3)28(2)42(27)56/h5-6,8,10-18,27-38,40-44,46,49-54,56-58,61H,7,9,19-26,48H2,1-4H3,(H,59,60)/b6-5+,10-8+,13-11?,14-12+,17-15+,18-16?/t27-,28+,29-,30-,31+,32+,33+,34+,35-,36+,37+,38-,40+,41+,42-,43+,44-,46+,47+/m0/s1. The second kappa shape index (κ2) is 27.6. The van der Waals surface area contributed by atoms with Gasteiger partial charge < -0.3 is 80.9 Å². The third-order valence-electron chi connectivity index (χ3n) is 12.2. The van der Waals surface area contributed by atoms with Crippen LogP contribution in [0.2, 0.25) is 0 Å². The summed E-state index contributed by atoms with van der Waals surface area (Å²) in [7, 11) is 0. The lowest BCUT2D eigenvalue weighted by Crippen LogP contribution is -2.61. The number of nitrogens with two attached hydrogens (primary N) is 1. The Labute approximate surface area is 381 Å². The van der Waals surface area contributed by atoms with Crippen molar-refractivity contribution in [3.05, 3.63) is 72.9 Å². The van der Waals surface area contributed by atoms with Crippen molar-refractivity contribution in [1.29, 1.82) is 0 Å². The fraction of sp³-hybridized carbons (Fsp3) is 0.702. The van der Waals surface area contributed by atoms with E-state index in [1.165, 1.54) is 13.0 Å². The molecule has 13 N–H and O–H groups in total. The molecule has 0 aromatic rings. The van der Waals surface area contributed by atoms with Gasteiger partial charge in [-0.25, -0.2) is 0 Å². The van der Waals surface area contributed by atoms with E-state index in [9.17, 15) is 65.8 Å². The Morgan fingerprint density at radius 3 is 1.94 bits per heavy atom. The molecule has 370 valence electrons. The van der Waals surface area contributed by atoms with Crippen LogP contribution in [0.15, 0.2) is 72.9 Å². The quantitative estimate of drug-likeness (QED) is 0.175. The molecule has 3 rings (SSSR count). The summed E-state index contributed by atoms with van der Waals surface area (Å²) in [6.07, 6.45) is 2.28. The summed E-state index contributed by atoms with van der Waals surface area (Å²) in [5.74, 6) is -6.82. The average Bonchev–Trinajstić information content (AvgIpc) is 3.21.